The van der Waals surface area contributed by atoms with Crippen LogP contribution in [-0.4, -0.2) is 9.97 Å². The van der Waals surface area contributed by atoms with E-state index in [-0.39, 0.29) is 5.56 Å². The molecule has 4 aromatic rings. The Balaban J connectivity index is 0.000000815. The van der Waals surface area contributed by atoms with E-state index < -0.39 is 0 Å². The summed E-state index contributed by atoms with van der Waals surface area (Å²) in [4.78, 5) is 18.9. The lowest BCUT2D eigenvalue weighted by atomic mass is 10.0. The number of H-pyrrole nitrogens is 2. The smallest absolute Gasteiger partial charge is 0.252 e. The molecule has 0 radical (unpaired) electrons. The number of hydrogen-bond donors (Lipinski definition) is 2. The van der Waals surface area contributed by atoms with Gasteiger partial charge in [0, 0.05) is 22.0 Å². The molecule has 0 unspecified atom stereocenters. The average Bonchev–Trinajstić information content (AvgIpc) is 2.96. The molecule has 0 atom stereocenters. The molecule has 3 nitrogen and oxygen atoms in total. The molecule has 0 aliphatic carbocycles. The zero-order chi connectivity index (χ0) is 17.3. The van der Waals surface area contributed by atoms with Gasteiger partial charge in [-0.25, -0.2) is 0 Å². The van der Waals surface area contributed by atoms with Crippen molar-refractivity contribution in [1.82, 2.24) is 9.97 Å². The maximum atomic E-state index is 12.4. The lowest BCUT2D eigenvalue weighted by Crippen LogP contribution is -2.10. The molecule has 3 heteroatoms. The van der Waals surface area contributed by atoms with E-state index in [0.29, 0.717) is 0 Å². The van der Waals surface area contributed by atoms with Gasteiger partial charge in [-0.3, -0.25) is 4.79 Å². The van der Waals surface area contributed by atoms with Crippen molar-refractivity contribution in [2.45, 2.75) is 27.7 Å². The van der Waals surface area contributed by atoms with E-state index in [2.05, 4.69) is 35.1 Å². The van der Waals surface area contributed by atoms with Crippen molar-refractivity contribution in [1.29, 1.82) is 0 Å². The van der Waals surface area contributed by atoms with Crippen molar-refractivity contribution >= 4 is 21.9 Å². The van der Waals surface area contributed by atoms with Gasteiger partial charge in [-0.1, -0.05) is 55.8 Å². The second kappa shape index (κ2) is 6.36. The molecular weight excluding hydrogens is 296 g/mol. The van der Waals surface area contributed by atoms with Crippen molar-refractivity contribution in [2.75, 3.05) is 0 Å². The summed E-state index contributed by atoms with van der Waals surface area (Å²) in [6, 6.07) is 16.3. The summed E-state index contributed by atoms with van der Waals surface area (Å²) < 4.78 is 0. The van der Waals surface area contributed by atoms with E-state index in [9.17, 15) is 4.79 Å². The molecule has 2 N–H and O–H groups in total. The number of aromatic nitrogens is 2. The Morgan fingerprint density at radius 1 is 0.833 bits per heavy atom. The van der Waals surface area contributed by atoms with E-state index >= 15 is 0 Å². The lowest BCUT2D eigenvalue weighted by molar-refractivity contribution is 1.24. The zero-order valence-corrected chi connectivity index (χ0v) is 14.5. The Morgan fingerprint density at radius 3 is 2.25 bits per heavy atom. The first-order valence-corrected chi connectivity index (χ1v) is 8.35. The van der Waals surface area contributed by atoms with Crippen molar-refractivity contribution in [2.24, 2.45) is 0 Å². The van der Waals surface area contributed by atoms with Crippen molar-refractivity contribution in [3.8, 4) is 11.1 Å². The molecule has 0 fully saturated rings. The number of aryl methyl sites for hydroxylation is 1. The lowest BCUT2D eigenvalue weighted by Gasteiger charge is -2.07. The van der Waals surface area contributed by atoms with Crippen LogP contribution < -0.4 is 5.56 Å². The minimum Gasteiger partial charge on any atom is -0.353 e. The Morgan fingerprint density at radius 2 is 1.54 bits per heavy atom. The first-order chi connectivity index (χ1) is 11.6. The van der Waals surface area contributed by atoms with E-state index in [0.717, 1.165) is 38.6 Å². The highest BCUT2D eigenvalue weighted by Crippen LogP contribution is 2.32. The Kier molecular flexibility index (Phi) is 4.26. The summed E-state index contributed by atoms with van der Waals surface area (Å²) in [6.07, 6.45) is 0. The highest BCUT2D eigenvalue weighted by atomic mass is 16.1. The topological polar surface area (TPSA) is 48.6 Å². The van der Waals surface area contributed by atoms with Crippen LogP contribution in [0.1, 0.15) is 25.0 Å². The quantitative estimate of drug-likeness (QED) is 0.490. The second-order valence-corrected chi connectivity index (χ2v) is 5.74. The first-order valence-electron chi connectivity index (χ1n) is 8.35. The number of benzene rings is 2. The van der Waals surface area contributed by atoms with Gasteiger partial charge in [0.1, 0.15) is 0 Å². The van der Waals surface area contributed by atoms with Gasteiger partial charge in [0.25, 0.3) is 5.56 Å². The monoisotopic (exact) mass is 318 g/mol. The highest BCUT2D eigenvalue weighted by molar-refractivity contribution is 6.10. The normalized spacial score (nSPS) is 10.7. The average molecular weight is 318 g/mol. The van der Waals surface area contributed by atoms with Gasteiger partial charge in [0.15, 0.2) is 0 Å². The molecule has 0 saturated heterocycles. The number of fused-ring (bicyclic) bond motifs is 3. The summed E-state index contributed by atoms with van der Waals surface area (Å²) in [6.45, 7) is 7.93. The molecule has 0 amide bonds. The maximum absolute atomic E-state index is 12.4. The zero-order valence-electron chi connectivity index (χ0n) is 14.5. The van der Waals surface area contributed by atoms with Crippen molar-refractivity contribution in [3.05, 3.63) is 70.0 Å². The predicted molar refractivity (Wildman–Crippen MR) is 103 cm³/mol. The highest BCUT2D eigenvalue weighted by Gasteiger charge is 2.15. The summed E-state index contributed by atoms with van der Waals surface area (Å²) >= 11 is 0. The van der Waals surface area contributed by atoms with Gasteiger partial charge in [-0.05, 0) is 31.5 Å². The summed E-state index contributed by atoms with van der Waals surface area (Å²) in [5, 5.41) is 1.06. The Labute approximate surface area is 141 Å². The van der Waals surface area contributed by atoms with Crippen LogP contribution in [0.4, 0.5) is 0 Å². The minimum atomic E-state index is -0.0336. The first kappa shape index (κ1) is 16.1. The standard InChI is InChI=1S/C19H16N2O.C2H6/c1-11-8-9-15-14(10-11)17-18(20-15)16(12(2)19(22)21-17)13-6-4-3-5-7-13;1-2/h3-10,20H,1-2H3,(H,21,22);1-2H3. The Hall–Kier alpha value is -2.81. The largest absolute Gasteiger partial charge is 0.353 e. The maximum Gasteiger partial charge on any atom is 0.252 e. The number of pyridine rings is 1. The van der Waals surface area contributed by atoms with Crippen LogP contribution in [0.15, 0.2) is 53.3 Å². The van der Waals surface area contributed by atoms with Gasteiger partial charge in [0.2, 0.25) is 0 Å². The number of rotatable bonds is 1. The fourth-order valence-electron chi connectivity index (χ4n) is 3.10. The van der Waals surface area contributed by atoms with Gasteiger partial charge < -0.3 is 9.97 Å². The molecular formula is C21H22N2O. The number of nitrogens with one attached hydrogen (secondary N) is 2. The van der Waals surface area contributed by atoms with E-state index in [4.69, 9.17) is 0 Å². The van der Waals surface area contributed by atoms with E-state index in [1.54, 1.807) is 0 Å². The SMILES string of the molecule is CC.Cc1ccc2[nH]c3c(-c4ccccc4)c(C)c(=O)[nH]c3c2c1. The third kappa shape index (κ3) is 2.52. The number of hydrogen-bond acceptors (Lipinski definition) is 1. The third-order valence-corrected chi connectivity index (χ3v) is 4.22. The summed E-state index contributed by atoms with van der Waals surface area (Å²) in [5.41, 5.74) is 6.83. The molecule has 0 bridgehead atoms. The molecule has 24 heavy (non-hydrogen) atoms. The minimum absolute atomic E-state index is 0.0336. The molecule has 0 aliphatic rings. The van der Waals surface area contributed by atoms with Crippen LogP contribution in [0.2, 0.25) is 0 Å². The van der Waals surface area contributed by atoms with Crippen LogP contribution in [0, 0.1) is 13.8 Å². The molecule has 0 spiro atoms. The van der Waals surface area contributed by atoms with Crippen LogP contribution in [0.25, 0.3) is 33.1 Å². The summed E-state index contributed by atoms with van der Waals surface area (Å²) in [5.74, 6) is 0. The molecule has 4 rings (SSSR count). The second-order valence-electron chi connectivity index (χ2n) is 5.74. The molecule has 0 saturated carbocycles. The predicted octanol–water partition coefficient (Wildman–Crippen LogP) is 5.32. The van der Waals surface area contributed by atoms with E-state index in [1.165, 1.54) is 5.56 Å². The van der Waals surface area contributed by atoms with Crippen molar-refractivity contribution < 1.29 is 0 Å². The van der Waals surface area contributed by atoms with Gasteiger partial charge in [0.05, 0.1) is 11.0 Å². The van der Waals surface area contributed by atoms with Gasteiger partial charge in [-0.15, -0.1) is 0 Å². The molecule has 2 aromatic heterocycles. The molecule has 2 aromatic carbocycles. The van der Waals surface area contributed by atoms with Crippen LogP contribution in [0.5, 0.6) is 0 Å². The molecule has 2 heterocycles. The third-order valence-electron chi connectivity index (χ3n) is 4.22. The van der Waals surface area contributed by atoms with Gasteiger partial charge in [-0.2, -0.15) is 0 Å². The van der Waals surface area contributed by atoms with Crippen LogP contribution >= 0.6 is 0 Å². The van der Waals surface area contributed by atoms with Crippen LogP contribution in [-0.2, 0) is 0 Å². The summed E-state index contributed by atoms with van der Waals surface area (Å²) in [7, 11) is 0. The molecule has 0 aliphatic heterocycles. The van der Waals surface area contributed by atoms with Crippen LogP contribution in [0.3, 0.4) is 0 Å². The number of aromatic amines is 2. The van der Waals surface area contributed by atoms with E-state index in [1.807, 2.05) is 51.1 Å². The fourth-order valence-corrected chi connectivity index (χ4v) is 3.10. The van der Waals surface area contributed by atoms with Crippen molar-refractivity contribution in [3.63, 3.8) is 0 Å². The van der Waals surface area contributed by atoms with Gasteiger partial charge >= 0.3 is 0 Å². The fraction of sp³-hybridized carbons (Fsp3) is 0.190. The Bertz CT molecular complexity index is 1060. The molecule has 122 valence electrons.